The Morgan fingerprint density at radius 2 is 1.53 bits per heavy atom. The Balaban J connectivity index is 0.000000853. The molecule has 4 fully saturated rings. The van der Waals surface area contributed by atoms with E-state index in [0.29, 0.717) is 11.8 Å². The van der Waals surface area contributed by atoms with Crippen LogP contribution in [-0.2, 0) is 0 Å². The summed E-state index contributed by atoms with van der Waals surface area (Å²) >= 11 is 0. The molecule has 0 unspecified atom stereocenters. The molecular weight excluding hydrogens is 181 g/mol. The molecule has 0 aromatic carbocycles. The van der Waals surface area contributed by atoms with Gasteiger partial charge in [-0.05, 0) is 55.8 Å². The fraction of sp³-hybridized carbons (Fsp3) is 0.917. The van der Waals surface area contributed by atoms with Gasteiger partial charge in [-0.25, -0.2) is 0 Å². The minimum absolute atomic E-state index is 0. The third kappa shape index (κ3) is 1.57. The van der Waals surface area contributed by atoms with Gasteiger partial charge in [0.1, 0.15) is 0 Å². The van der Waals surface area contributed by atoms with Gasteiger partial charge in [0.2, 0.25) is 0 Å². The zero-order valence-corrected chi connectivity index (χ0v) is 9.41. The topological polar surface area (TPSA) is 46.8 Å². The van der Waals surface area contributed by atoms with E-state index < -0.39 is 5.60 Å². The molecule has 0 aromatic heterocycles. The van der Waals surface area contributed by atoms with Crippen LogP contribution in [0, 0.1) is 35.0 Å². The minimum Gasteiger partial charge on any atom is -0.848 e. The van der Waals surface area contributed by atoms with E-state index in [4.69, 9.17) is 5.26 Å². The summed E-state index contributed by atoms with van der Waals surface area (Å²) in [5, 5.41) is 21.4. The van der Waals surface area contributed by atoms with Crippen LogP contribution >= 0.6 is 0 Å². The van der Waals surface area contributed by atoms with Crippen molar-refractivity contribution in [1.29, 1.82) is 5.26 Å². The maximum atomic E-state index is 12.6. The van der Waals surface area contributed by atoms with E-state index in [1.807, 2.05) is 0 Å². The van der Waals surface area contributed by atoms with E-state index in [-0.39, 0.29) is 25.3 Å². The molecule has 0 N–H and O–H groups in total. The first-order valence-corrected chi connectivity index (χ1v) is 5.79. The van der Waals surface area contributed by atoms with Crippen molar-refractivity contribution in [1.82, 2.24) is 0 Å². The van der Waals surface area contributed by atoms with Crippen molar-refractivity contribution in [2.45, 2.75) is 44.1 Å². The second kappa shape index (κ2) is 3.81. The first-order chi connectivity index (χ1) is 6.72. The molecule has 0 heterocycles. The Labute approximate surface area is 103 Å². The predicted molar refractivity (Wildman–Crippen MR) is 50.0 cm³/mol. The summed E-state index contributed by atoms with van der Waals surface area (Å²) in [5.41, 5.74) is -0.859. The number of nitriles is 1. The van der Waals surface area contributed by atoms with Gasteiger partial charge in [-0.15, -0.1) is 0 Å². The number of hydrogen-bond acceptors (Lipinski definition) is 2. The normalized spacial score (nSPS) is 50.9. The van der Waals surface area contributed by atoms with Gasteiger partial charge in [-0.1, -0.05) is 5.60 Å². The van der Waals surface area contributed by atoms with E-state index in [1.165, 1.54) is 6.42 Å². The summed E-state index contributed by atoms with van der Waals surface area (Å²) in [7, 11) is 0. The van der Waals surface area contributed by atoms with Crippen LogP contribution in [0.15, 0.2) is 0 Å². The minimum atomic E-state index is -0.859. The monoisotopic (exact) mass is 197 g/mol. The van der Waals surface area contributed by atoms with Gasteiger partial charge >= 0.3 is 18.9 Å². The third-order valence-electron chi connectivity index (χ3n) is 4.88. The Bertz CT molecular complexity index is 268. The van der Waals surface area contributed by atoms with Crippen LogP contribution in [0.3, 0.4) is 0 Å². The average molecular weight is 197 g/mol. The van der Waals surface area contributed by atoms with Crippen LogP contribution < -0.4 is 24.0 Å². The summed E-state index contributed by atoms with van der Waals surface area (Å²) in [4.78, 5) is 0. The van der Waals surface area contributed by atoms with E-state index >= 15 is 0 Å². The van der Waals surface area contributed by atoms with Crippen molar-refractivity contribution in [3.8, 4) is 6.07 Å². The first-order valence-electron chi connectivity index (χ1n) is 5.79. The third-order valence-corrected chi connectivity index (χ3v) is 4.88. The van der Waals surface area contributed by atoms with Crippen LogP contribution in [0.5, 0.6) is 0 Å². The Hall–Kier alpha value is 0.0474. The molecule has 76 valence electrons. The summed E-state index contributed by atoms with van der Waals surface area (Å²) < 4.78 is 0. The van der Waals surface area contributed by atoms with Crippen molar-refractivity contribution < 1.29 is 24.0 Å². The standard InChI is InChI=1S/C12H16NO.Li/c13-2-1-12(14)10-4-8-3-9(6-10)7-11(12)5-8;/h8-11H,1,3-7H2;/q-1;+1. The van der Waals surface area contributed by atoms with Gasteiger partial charge in [-0.2, -0.15) is 5.26 Å². The summed E-state index contributed by atoms with van der Waals surface area (Å²) in [6, 6.07) is 2.12. The van der Waals surface area contributed by atoms with Gasteiger partial charge in [0.25, 0.3) is 0 Å². The van der Waals surface area contributed by atoms with E-state index in [2.05, 4.69) is 6.07 Å². The molecule has 0 atom stereocenters. The summed E-state index contributed by atoms with van der Waals surface area (Å²) in [5.74, 6) is 2.33. The van der Waals surface area contributed by atoms with Gasteiger partial charge in [0.15, 0.2) is 0 Å². The smallest absolute Gasteiger partial charge is 0.848 e. The Morgan fingerprint density at radius 3 is 1.93 bits per heavy atom. The maximum absolute atomic E-state index is 12.6. The van der Waals surface area contributed by atoms with Crippen molar-refractivity contribution in [2.75, 3.05) is 0 Å². The molecule has 0 radical (unpaired) electrons. The number of rotatable bonds is 1. The second-order valence-electron chi connectivity index (χ2n) is 5.59. The van der Waals surface area contributed by atoms with Gasteiger partial charge in [0, 0.05) is 6.42 Å². The quantitative estimate of drug-likeness (QED) is 0.478. The maximum Gasteiger partial charge on any atom is 1.00 e. The van der Waals surface area contributed by atoms with Crippen molar-refractivity contribution >= 4 is 0 Å². The van der Waals surface area contributed by atoms with Crippen LogP contribution in [0.4, 0.5) is 0 Å². The molecule has 0 aromatic rings. The molecule has 4 aliphatic carbocycles. The molecule has 0 amide bonds. The SMILES string of the molecule is N#CCC1([O-])C2CC3CC(C2)CC1C3.[Li+]. The molecular formula is C12H16LiNO. The van der Waals surface area contributed by atoms with Gasteiger partial charge in [-0.3, -0.25) is 0 Å². The van der Waals surface area contributed by atoms with Crippen LogP contribution in [-0.4, -0.2) is 5.60 Å². The van der Waals surface area contributed by atoms with E-state index in [0.717, 1.165) is 37.5 Å². The van der Waals surface area contributed by atoms with E-state index in [9.17, 15) is 5.11 Å². The fourth-order valence-corrected chi connectivity index (χ4v) is 4.39. The second-order valence-corrected chi connectivity index (χ2v) is 5.59. The molecule has 4 aliphatic rings. The van der Waals surface area contributed by atoms with Crippen LogP contribution in [0.1, 0.15) is 38.5 Å². The zero-order chi connectivity index (χ0) is 9.76. The predicted octanol–water partition coefficient (Wildman–Crippen LogP) is -1.54. The molecule has 0 spiro atoms. The molecule has 0 aliphatic heterocycles. The molecule has 3 heteroatoms. The van der Waals surface area contributed by atoms with Gasteiger partial charge < -0.3 is 5.11 Å². The van der Waals surface area contributed by atoms with Gasteiger partial charge in [0.05, 0.1) is 6.07 Å². The van der Waals surface area contributed by atoms with Crippen LogP contribution in [0.25, 0.3) is 0 Å². The van der Waals surface area contributed by atoms with Crippen molar-refractivity contribution in [3.63, 3.8) is 0 Å². The number of hydrogen-bond donors (Lipinski definition) is 0. The Morgan fingerprint density at radius 1 is 1.07 bits per heavy atom. The molecule has 4 saturated carbocycles. The van der Waals surface area contributed by atoms with Crippen molar-refractivity contribution in [3.05, 3.63) is 0 Å². The zero-order valence-electron chi connectivity index (χ0n) is 9.41. The molecule has 2 nitrogen and oxygen atoms in total. The summed E-state index contributed by atoms with van der Waals surface area (Å²) in [6.45, 7) is 0. The van der Waals surface area contributed by atoms with Crippen molar-refractivity contribution in [2.24, 2.45) is 23.7 Å². The molecule has 4 rings (SSSR count). The summed E-state index contributed by atoms with van der Waals surface area (Å²) in [6.07, 6.45) is 6.12. The number of nitrogens with zero attached hydrogens (tertiary/aromatic N) is 1. The largest absolute Gasteiger partial charge is 1.00 e. The fourth-order valence-electron chi connectivity index (χ4n) is 4.39. The van der Waals surface area contributed by atoms with E-state index in [1.54, 1.807) is 0 Å². The molecule has 4 bridgehead atoms. The first kappa shape index (κ1) is 11.5. The van der Waals surface area contributed by atoms with Crippen LogP contribution in [0.2, 0.25) is 0 Å². The molecule has 0 saturated heterocycles. The average Bonchev–Trinajstić information content (AvgIpc) is 2.14. The molecule has 15 heavy (non-hydrogen) atoms. The Kier molecular flexibility index (Phi) is 2.93.